The Balaban J connectivity index is 0.00000441. The van der Waals surface area contributed by atoms with Gasteiger partial charge in [0.2, 0.25) is 0 Å². The molecular weight excluding hydrogens is 397 g/mol. The number of methoxy groups -OCH3 is 3. The fraction of sp³-hybridized carbons (Fsp3) is 0.533. The minimum Gasteiger partial charge on any atom is -0.496 e. The molecule has 0 aliphatic carbocycles. The van der Waals surface area contributed by atoms with Crippen LogP contribution in [0.4, 0.5) is 0 Å². The molecule has 0 saturated heterocycles. The van der Waals surface area contributed by atoms with Crippen LogP contribution < -0.4 is 24.8 Å². The second-order valence-corrected chi connectivity index (χ2v) is 4.24. The Morgan fingerprint density at radius 3 is 1.86 bits per heavy atom. The zero-order chi connectivity index (χ0) is 15.7. The topological polar surface area (TPSA) is 64.1 Å². The van der Waals surface area contributed by atoms with Crippen LogP contribution in [0, 0.1) is 0 Å². The summed E-state index contributed by atoms with van der Waals surface area (Å²) >= 11 is 0. The molecule has 1 aromatic carbocycles. The van der Waals surface area contributed by atoms with E-state index in [1.165, 1.54) is 0 Å². The van der Waals surface area contributed by atoms with Gasteiger partial charge in [-0.2, -0.15) is 0 Å². The normalized spacial score (nSPS) is 9.32. The van der Waals surface area contributed by atoms with Gasteiger partial charge in [-0.3, -0.25) is 0 Å². The quantitative estimate of drug-likeness (QED) is 0.401. The third kappa shape index (κ3) is 5.78. The van der Waals surface area contributed by atoms with Crippen LogP contribution in [0.2, 0.25) is 0 Å². The molecule has 0 aliphatic rings. The molecule has 0 radical (unpaired) electrons. The van der Waals surface area contributed by atoms with Crippen molar-refractivity contribution in [2.45, 2.75) is 20.4 Å². The standard InChI is InChI=1S/C15H25N3O3.HI/c1-6-16-15(17-7-2)18-10-11-8-13(20-4)14(21-5)9-12(11)19-3;/h8-9H,6-7,10H2,1-5H3,(H2,16,17,18);1H. The van der Waals surface area contributed by atoms with Gasteiger partial charge in [0, 0.05) is 24.7 Å². The van der Waals surface area contributed by atoms with Crippen molar-refractivity contribution < 1.29 is 14.2 Å². The third-order valence-corrected chi connectivity index (χ3v) is 2.88. The molecular formula is C15H26IN3O3. The molecule has 0 unspecified atom stereocenters. The van der Waals surface area contributed by atoms with Crippen molar-refractivity contribution in [2.24, 2.45) is 4.99 Å². The Hall–Kier alpha value is -1.38. The predicted molar refractivity (Wildman–Crippen MR) is 100 cm³/mol. The van der Waals surface area contributed by atoms with E-state index in [-0.39, 0.29) is 24.0 Å². The molecule has 0 aliphatic heterocycles. The Bertz CT molecular complexity index is 473. The molecule has 0 fully saturated rings. The predicted octanol–water partition coefficient (Wildman–Crippen LogP) is 2.41. The lowest BCUT2D eigenvalue weighted by Gasteiger charge is -2.14. The minimum atomic E-state index is 0. The van der Waals surface area contributed by atoms with Crippen molar-refractivity contribution in [1.29, 1.82) is 0 Å². The first-order chi connectivity index (χ1) is 10.2. The van der Waals surface area contributed by atoms with Crippen molar-refractivity contribution in [1.82, 2.24) is 10.6 Å². The molecule has 2 N–H and O–H groups in total. The first kappa shape index (κ1) is 20.6. The van der Waals surface area contributed by atoms with Gasteiger partial charge in [-0.05, 0) is 19.9 Å². The fourth-order valence-corrected chi connectivity index (χ4v) is 1.89. The van der Waals surface area contributed by atoms with Gasteiger partial charge < -0.3 is 24.8 Å². The Kier molecular flexibility index (Phi) is 10.5. The molecule has 0 saturated carbocycles. The average Bonchev–Trinajstić information content (AvgIpc) is 2.52. The van der Waals surface area contributed by atoms with Gasteiger partial charge in [0.15, 0.2) is 17.5 Å². The van der Waals surface area contributed by atoms with Crippen molar-refractivity contribution in [3.63, 3.8) is 0 Å². The summed E-state index contributed by atoms with van der Waals surface area (Å²) in [6, 6.07) is 3.69. The molecule has 7 heteroatoms. The number of hydrogen-bond donors (Lipinski definition) is 2. The lowest BCUT2D eigenvalue weighted by Crippen LogP contribution is -2.36. The number of ether oxygens (including phenoxy) is 3. The zero-order valence-electron chi connectivity index (χ0n) is 13.9. The maximum atomic E-state index is 5.39. The monoisotopic (exact) mass is 423 g/mol. The number of rotatable bonds is 7. The molecule has 0 aromatic heterocycles. The summed E-state index contributed by atoms with van der Waals surface area (Å²) in [6.07, 6.45) is 0. The summed E-state index contributed by atoms with van der Waals surface area (Å²) < 4.78 is 16.0. The molecule has 0 amide bonds. The molecule has 126 valence electrons. The molecule has 22 heavy (non-hydrogen) atoms. The smallest absolute Gasteiger partial charge is 0.191 e. The molecule has 0 spiro atoms. The molecule has 6 nitrogen and oxygen atoms in total. The number of halogens is 1. The number of guanidine groups is 1. The van der Waals surface area contributed by atoms with Crippen LogP contribution in [-0.2, 0) is 6.54 Å². The Labute approximate surface area is 149 Å². The van der Waals surface area contributed by atoms with E-state index in [9.17, 15) is 0 Å². The number of nitrogens with zero attached hydrogens (tertiary/aromatic N) is 1. The summed E-state index contributed by atoms with van der Waals surface area (Å²) in [5.41, 5.74) is 0.934. The first-order valence-corrected chi connectivity index (χ1v) is 7.01. The molecule has 0 bridgehead atoms. The van der Waals surface area contributed by atoms with Crippen molar-refractivity contribution in [3.05, 3.63) is 17.7 Å². The van der Waals surface area contributed by atoms with Gasteiger partial charge in [0.25, 0.3) is 0 Å². The van der Waals surface area contributed by atoms with Crippen LogP contribution in [0.25, 0.3) is 0 Å². The largest absolute Gasteiger partial charge is 0.496 e. The van der Waals surface area contributed by atoms with Crippen LogP contribution >= 0.6 is 24.0 Å². The van der Waals surface area contributed by atoms with Crippen molar-refractivity contribution in [2.75, 3.05) is 34.4 Å². The number of nitrogens with one attached hydrogen (secondary N) is 2. The van der Waals surface area contributed by atoms with Crippen molar-refractivity contribution in [3.8, 4) is 17.2 Å². The maximum Gasteiger partial charge on any atom is 0.191 e. The highest BCUT2D eigenvalue weighted by Gasteiger charge is 2.11. The number of hydrogen-bond acceptors (Lipinski definition) is 4. The number of benzene rings is 1. The van der Waals surface area contributed by atoms with Gasteiger partial charge in [0.05, 0.1) is 27.9 Å². The highest BCUT2D eigenvalue weighted by Crippen LogP contribution is 2.34. The second-order valence-electron chi connectivity index (χ2n) is 4.24. The van der Waals surface area contributed by atoms with Crippen LogP contribution in [0.3, 0.4) is 0 Å². The summed E-state index contributed by atoms with van der Waals surface area (Å²) in [5.74, 6) is 2.80. The SMILES string of the molecule is CCNC(=NCc1cc(OC)c(OC)cc1OC)NCC.I. The van der Waals surface area contributed by atoms with Crippen LogP contribution in [0.1, 0.15) is 19.4 Å². The van der Waals surface area contributed by atoms with Gasteiger partial charge in [-0.1, -0.05) is 0 Å². The Morgan fingerprint density at radius 1 is 0.909 bits per heavy atom. The summed E-state index contributed by atoms with van der Waals surface area (Å²) in [4.78, 5) is 4.53. The van der Waals surface area contributed by atoms with Gasteiger partial charge in [0.1, 0.15) is 5.75 Å². The van der Waals surface area contributed by atoms with Gasteiger partial charge in [-0.25, -0.2) is 4.99 Å². The Morgan fingerprint density at radius 2 is 1.41 bits per heavy atom. The molecule has 1 rings (SSSR count). The van der Waals surface area contributed by atoms with Crippen molar-refractivity contribution >= 4 is 29.9 Å². The molecule has 1 aromatic rings. The highest BCUT2D eigenvalue weighted by atomic mass is 127. The van der Waals surface area contributed by atoms with E-state index in [1.807, 2.05) is 26.0 Å². The van der Waals surface area contributed by atoms with Crippen LogP contribution in [-0.4, -0.2) is 40.4 Å². The van der Waals surface area contributed by atoms with E-state index in [4.69, 9.17) is 14.2 Å². The summed E-state index contributed by atoms with van der Waals surface area (Å²) in [5, 5.41) is 6.37. The van der Waals surface area contributed by atoms with E-state index < -0.39 is 0 Å². The lowest BCUT2D eigenvalue weighted by molar-refractivity contribution is 0.347. The number of aliphatic imine (C=N–C) groups is 1. The van der Waals surface area contributed by atoms with E-state index in [0.717, 1.165) is 30.4 Å². The molecule has 0 heterocycles. The summed E-state index contributed by atoms with van der Waals surface area (Å²) in [7, 11) is 4.84. The van der Waals surface area contributed by atoms with Gasteiger partial charge in [-0.15, -0.1) is 24.0 Å². The van der Waals surface area contributed by atoms with E-state index in [0.29, 0.717) is 18.0 Å². The molecule has 0 atom stereocenters. The highest BCUT2D eigenvalue weighted by molar-refractivity contribution is 14.0. The maximum absolute atomic E-state index is 5.39. The second kappa shape index (κ2) is 11.2. The summed E-state index contributed by atoms with van der Waals surface area (Å²) in [6.45, 7) is 6.18. The van der Waals surface area contributed by atoms with E-state index in [2.05, 4.69) is 15.6 Å². The lowest BCUT2D eigenvalue weighted by atomic mass is 10.1. The van der Waals surface area contributed by atoms with Gasteiger partial charge >= 0.3 is 0 Å². The first-order valence-electron chi connectivity index (χ1n) is 7.01. The fourth-order valence-electron chi connectivity index (χ4n) is 1.89. The van der Waals surface area contributed by atoms with E-state index in [1.54, 1.807) is 21.3 Å². The van der Waals surface area contributed by atoms with E-state index >= 15 is 0 Å². The third-order valence-electron chi connectivity index (χ3n) is 2.88. The average molecular weight is 423 g/mol. The zero-order valence-corrected chi connectivity index (χ0v) is 16.2. The van der Waals surface area contributed by atoms with Crippen LogP contribution in [0.15, 0.2) is 17.1 Å². The minimum absolute atomic E-state index is 0. The van der Waals surface area contributed by atoms with Crippen LogP contribution in [0.5, 0.6) is 17.2 Å².